The van der Waals surface area contributed by atoms with E-state index in [9.17, 15) is 0 Å². The molecule has 2 unspecified atom stereocenters. The van der Waals surface area contributed by atoms with Crippen LogP contribution in [0.2, 0.25) is 0 Å². The van der Waals surface area contributed by atoms with Crippen LogP contribution in [0.5, 0.6) is 11.5 Å². The van der Waals surface area contributed by atoms with Crippen molar-refractivity contribution in [1.82, 2.24) is 15.5 Å². The lowest BCUT2D eigenvalue weighted by Crippen LogP contribution is -2.50. The Hall–Kier alpha value is -1.42. The highest BCUT2D eigenvalue weighted by molar-refractivity contribution is 14.0. The summed E-state index contributed by atoms with van der Waals surface area (Å²) < 4.78 is 10.8. The minimum Gasteiger partial charge on any atom is -0.497 e. The minimum absolute atomic E-state index is 0. The monoisotopic (exact) mass is 559 g/mol. The second kappa shape index (κ2) is 13.3. The van der Waals surface area contributed by atoms with Crippen LogP contribution in [0.3, 0.4) is 0 Å². The number of benzene rings is 1. The van der Waals surface area contributed by atoms with Crippen LogP contribution in [0.25, 0.3) is 0 Å². The van der Waals surface area contributed by atoms with Crippen molar-refractivity contribution >= 4 is 35.6 Å². The van der Waals surface area contributed by atoms with Gasteiger partial charge in [0.25, 0.3) is 0 Å². The first kappa shape index (κ1) is 26.8. The fraction of sp³-hybridized carbons (Fsp3) is 0.708. The maximum atomic E-state index is 5.42. The molecular formula is C24H42IN5O2. The van der Waals surface area contributed by atoms with Gasteiger partial charge >= 0.3 is 0 Å². The minimum atomic E-state index is 0. The van der Waals surface area contributed by atoms with Gasteiger partial charge in [-0.2, -0.15) is 0 Å². The number of nitrogens with one attached hydrogen (secondary N) is 2. The first-order chi connectivity index (χ1) is 15.0. The quantitative estimate of drug-likeness (QED) is 0.304. The number of likely N-dealkylation sites (tertiary alicyclic amines) is 1. The summed E-state index contributed by atoms with van der Waals surface area (Å²) in [6.07, 6.45) is 3.50. The highest BCUT2D eigenvalue weighted by Gasteiger charge is 2.23. The number of aliphatic imine (C=N–C) groups is 1. The summed E-state index contributed by atoms with van der Waals surface area (Å²) in [4.78, 5) is 9.43. The molecule has 0 aliphatic carbocycles. The van der Waals surface area contributed by atoms with E-state index in [1.165, 1.54) is 19.5 Å². The summed E-state index contributed by atoms with van der Waals surface area (Å²) in [5, 5.41) is 7.14. The van der Waals surface area contributed by atoms with Gasteiger partial charge in [-0.05, 0) is 31.1 Å². The average molecular weight is 560 g/mol. The SMILES string of the molecule is CN=C(NCCN1CC(C)CC(C)C1)NC1CCN(c2cc(OC)cc(OC)c2)CC1.I. The number of nitrogens with zero attached hydrogens (tertiary/aromatic N) is 3. The van der Waals surface area contributed by atoms with Crippen molar-refractivity contribution in [2.75, 3.05) is 65.4 Å². The Bertz CT molecular complexity index is 692. The van der Waals surface area contributed by atoms with Crippen LogP contribution in [-0.4, -0.2) is 77.4 Å². The van der Waals surface area contributed by atoms with Crippen molar-refractivity contribution < 1.29 is 9.47 Å². The Morgan fingerprint density at radius 3 is 2.16 bits per heavy atom. The third-order valence-electron chi connectivity index (χ3n) is 6.43. The molecule has 3 rings (SSSR count). The number of anilines is 1. The Balaban J connectivity index is 0.00000363. The van der Waals surface area contributed by atoms with Crippen molar-refractivity contribution in [3.63, 3.8) is 0 Å². The third kappa shape index (κ3) is 7.86. The van der Waals surface area contributed by atoms with Gasteiger partial charge in [-0.3, -0.25) is 4.99 Å². The molecule has 0 spiro atoms. The van der Waals surface area contributed by atoms with E-state index < -0.39 is 0 Å². The molecule has 2 aliphatic heterocycles. The summed E-state index contributed by atoms with van der Waals surface area (Å²) in [5.41, 5.74) is 1.15. The smallest absolute Gasteiger partial charge is 0.191 e. The second-order valence-corrected chi connectivity index (χ2v) is 9.18. The van der Waals surface area contributed by atoms with Gasteiger partial charge in [0.2, 0.25) is 0 Å². The highest BCUT2D eigenvalue weighted by Crippen LogP contribution is 2.30. The largest absolute Gasteiger partial charge is 0.497 e. The molecule has 2 saturated heterocycles. The first-order valence-electron chi connectivity index (χ1n) is 11.7. The summed E-state index contributed by atoms with van der Waals surface area (Å²) >= 11 is 0. The van der Waals surface area contributed by atoms with Crippen molar-refractivity contribution in [2.24, 2.45) is 16.8 Å². The molecular weight excluding hydrogens is 517 g/mol. The van der Waals surface area contributed by atoms with Crippen LogP contribution in [0.15, 0.2) is 23.2 Å². The zero-order chi connectivity index (χ0) is 22.2. The number of methoxy groups -OCH3 is 2. The van der Waals surface area contributed by atoms with E-state index in [2.05, 4.69) is 51.4 Å². The number of halogens is 1. The van der Waals surface area contributed by atoms with E-state index in [0.717, 1.165) is 74.0 Å². The van der Waals surface area contributed by atoms with Crippen LogP contribution >= 0.6 is 24.0 Å². The molecule has 2 atom stereocenters. The zero-order valence-corrected chi connectivity index (χ0v) is 22.7. The van der Waals surface area contributed by atoms with Gasteiger partial charge in [-0.15, -0.1) is 24.0 Å². The van der Waals surface area contributed by atoms with E-state index in [0.29, 0.717) is 6.04 Å². The molecule has 1 aromatic carbocycles. The molecule has 0 saturated carbocycles. The average Bonchev–Trinajstić information content (AvgIpc) is 2.77. The summed E-state index contributed by atoms with van der Waals surface area (Å²) in [6.45, 7) is 11.2. The van der Waals surface area contributed by atoms with E-state index in [4.69, 9.17) is 9.47 Å². The van der Waals surface area contributed by atoms with E-state index in [1.54, 1.807) is 14.2 Å². The molecule has 0 radical (unpaired) electrons. The van der Waals surface area contributed by atoms with Gasteiger partial charge in [0.15, 0.2) is 5.96 Å². The van der Waals surface area contributed by atoms with E-state index >= 15 is 0 Å². The number of piperidine rings is 2. The second-order valence-electron chi connectivity index (χ2n) is 9.18. The molecule has 0 aromatic heterocycles. The first-order valence-corrected chi connectivity index (χ1v) is 11.7. The maximum absolute atomic E-state index is 5.42. The summed E-state index contributed by atoms with van der Waals surface area (Å²) in [7, 11) is 5.25. The predicted molar refractivity (Wildman–Crippen MR) is 144 cm³/mol. The molecule has 2 aliphatic rings. The molecule has 2 fully saturated rings. The Morgan fingerprint density at radius 1 is 1.03 bits per heavy atom. The number of ether oxygens (including phenoxy) is 2. The Labute approximate surface area is 211 Å². The van der Waals surface area contributed by atoms with Gasteiger partial charge in [-0.25, -0.2) is 0 Å². The lowest BCUT2D eigenvalue weighted by molar-refractivity contribution is 0.143. The topological polar surface area (TPSA) is 61.4 Å². The van der Waals surface area contributed by atoms with Gasteiger partial charge in [0.1, 0.15) is 11.5 Å². The molecule has 0 amide bonds. The number of rotatable bonds is 7. The molecule has 7 nitrogen and oxygen atoms in total. The molecule has 1 aromatic rings. The van der Waals surface area contributed by atoms with E-state index in [1.807, 2.05) is 13.1 Å². The van der Waals surface area contributed by atoms with Gasteiger partial charge < -0.3 is 29.9 Å². The van der Waals surface area contributed by atoms with Gasteiger partial charge in [0, 0.05) is 76.2 Å². The molecule has 8 heteroatoms. The standard InChI is InChI=1S/C24H41N5O2.HI/c1-18-12-19(2)17-28(16-18)11-8-26-24(25-3)27-20-6-9-29(10-7-20)21-13-22(30-4)15-23(14-21)31-5;/h13-15,18-20H,6-12,16-17H2,1-5H3,(H2,25,26,27);1H. The zero-order valence-electron chi connectivity index (χ0n) is 20.4. The van der Waals surface area contributed by atoms with Gasteiger partial charge in [0.05, 0.1) is 14.2 Å². The van der Waals surface area contributed by atoms with Crippen molar-refractivity contribution in [3.8, 4) is 11.5 Å². The highest BCUT2D eigenvalue weighted by atomic mass is 127. The maximum Gasteiger partial charge on any atom is 0.191 e. The summed E-state index contributed by atoms with van der Waals surface area (Å²) in [6, 6.07) is 6.52. The van der Waals surface area contributed by atoms with Gasteiger partial charge in [-0.1, -0.05) is 13.8 Å². The van der Waals surface area contributed by atoms with Crippen molar-refractivity contribution in [1.29, 1.82) is 0 Å². The van der Waals surface area contributed by atoms with Crippen LogP contribution in [0.4, 0.5) is 5.69 Å². The summed E-state index contributed by atoms with van der Waals surface area (Å²) in [5.74, 6) is 4.18. The lowest BCUT2D eigenvalue weighted by Gasteiger charge is -2.36. The molecule has 32 heavy (non-hydrogen) atoms. The fourth-order valence-corrected chi connectivity index (χ4v) is 4.95. The normalized spacial score (nSPS) is 22.8. The van der Waals surface area contributed by atoms with E-state index in [-0.39, 0.29) is 24.0 Å². The number of hydrogen-bond donors (Lipinski definition) is 2. The molecule has 182 valence electrons. The van der Waals surface area contributed by atoms with Crippen LogP contribution in [0.1, 0.15) is 33.1 Å². The van der Waals surface area contributed by atoms with Crippen molar-refractivity contribution in [3.05, 3.63) is 18.2 Å². The third-order valence-corrected chi connectivity index (χ3v) is 6.43. The molecule has 2 N–H and O–H groups in total. The van der Waals surface area contributed by atoms with Crippen molar-refractivity contribution in [2.45, 2.75) is 39.2 Å². The Kier molecular flexibility index (Phi) is 11.2. The van der Waals surface area contributed by atoms with Crippen LogP contribution < -0.4 is 25.0 Å². The number of hydrogen-bond acceptors (Lipinski definition) is 5. The lowest BCUT2D eigenvalue weighted by atomic mass is 9.92. The number of guanidine groups is 1. The molecule has 2 heterocycles. The Morgan fingerprint density at radius 2 is 1.62 bits per heavy atom. The fourth-order valence-electron chi connectivity index (χ4n) is 4.95. The van der Waals surface area contributed by atoms with Crippen LogP contribution in [0, 0.1) is 11.8 Å². The van der Waals surface area contributed by atoms with Crippen LogP contribution in [-0.2, 0) is 0 Å². The predicted octanol–water partition coefficient (Wildman–Crippen LogP) is 3.43. The molecule has 0 bridgehead atoms.